The zero-order valence-corrected chi connectivity index (χ0v) is 12.9. The maximum absolute atomic E-state index is 12.2. The molecule has 1 atom stereocenters. The average molecular weight is 333 g/mol. The number of nitrogens with one attached hydrogen (secondary N) is 1. The monoisotopic (exact) mass is 332 g/mol. The predicted molar refractivity (Wildman–Crippen MR) is 85.6 cm³/mol. The first kappa shape index (κ1) is 14.6. The van der Waals surface area contributed by atoms with Crippen LogP contribution in [0.25, 0.3) is 0 Å². The molecule has 0 aliphatic heterocycles. The number of benzene rings is 2. The highest BCUT2D eigenvalue weighted by atomic mass is 79.9. The maximum atomic E-state index is 12.2. The zero-order valence-electron chi connectivity index (χ0n) is 11.3. The highest BCUT2D eigenvalue weighted by molar-refractivity contribution is 9.10. The van der Waals surface area contributed by atoms with Crippen molar-refractivity contribution in [1.29, 1.82) is 0 Å². The van der Waals surface area contributed by atoms with Crippen LogP contribution in [0.1, 0.15) is 22.8 Å². The molecular weight excluding hydrogens is 316 g/mol. The molecule has 0 saturated heterocycles. The van der Waals surface area contributed by atoms with Gasteiger partial charge in [0.2, 0.25) is 0 Å². The fraction of sp³-hybridized carbons (Fsp3) is 0.188. The van der Waals surface area contributed by atoms with Gasteiger partial charge in [0, 0.05) is 16.2 Å². The molecule has 20 heavy (non-hydrogen) atoms. The van der Waals surface area contributed by atoms with Crippen molar-refractivity contribution in [3.8, 4) is 0 Å². The van der Waals surface area contributed by atoms with E-state index in [-0.39, 0.29) is 11.9 Å². The van der Waals surface area contributed by atoms with Crippen molar-refractivity contribution in [3.05, 3.63) is 64.1 Å². The summed E-state index contributed by atoms with van der Waals surface area (Å²) in [7, 11) is 0. The smallest absolute Gasteiger partial charge is 0.253 e. The Morgan fingerprint density at radius 1 is 1.25 bits per heavy atom. The Balaban J connectivity index is 2.00. The summed E-state index contributed by atoms with van der Waals surface area (Å²) in [4.78, 5) is 12.2. The highest BCUT2D eigenvalue weighted by Gasteiger charge is 2.13. The Morgan fingerprint density at radius 2 is 1.95 bits per heavy atom. The number of carbonyl (C=O) groups is 1. The minimum absolute atomic E-state index is 0.0490. The summed E-state index contributed by atoms with van der Waals surface area (Å²) >= 11 is 3.33. The van der Waals surface area contributed by atoms with E-state index in [9.17, 15) is 4.79 Å². The molecule has 3 nitrogen and oxygen atoms in total. The Kier molecular flexibility index (Phi) is 4.79. The predicted octanol–water partition coefficient (Wildman–Crippen LogP) is 3.39. The van der Waals surface area contributed by atoms with E-state index in [0.717, 1.165) is 10.9 Å². The molecular formula is C16H17BrN2O. The first-order chi connectivity index (χ1) is 9.56. The van der Waals surface area contributed by atoms with Crippen molar-refractivity contribution in [2.24, 2.45) is 0 Å². The van der Waals surface area contributed by atoms with Crippen molar-refractivity contribution >= 4 is 27.5 Å². The van der Waals surface area contributed by atoms with Crippen molar-refractivity contribution in [3.63, 3.8) is 0 Å². The second kappa shape index (κ2) is 6.57. The normalized spacial score (nSPS) is 11.9. The Bertz CT molecular complexity index is 599. The number of nitrogen functional groups attached to an aromatic ring is 1. The summed E-state index contributed by atoms with van der Waals surface area (Å²) in [5.41, 5.74) is 8.04. The minimum Gasteiger partial charge on any atom is -0.398 e. The molecule has 2 aromatic carbocycles. The maximum Gasteiger partial charge on any atom is 0.253 e. The molecule has 0 saturated carbocycles. The number of carbonyl (C=O) groups excluding carboxylic acids is 1. The van der Waals surface area contributed by atoms with Crippen molar-refractivity contribution in [2.45, 2.75) is 19.4 Å². The number of halogens is 1. The number of amides is 1. The number of hydrogen-bond acceptors (Lipinski definition) is 2. The largest absolute Gasteiger partial charge is 0.398 e. The van der Waals surface area contributed by atoms with E-state index in [0.29, 0.717) is 11.3 Å². The first-order valence-electron chi connectivity index (χ1n) is 6.46. The van der Waals surface area contributed by atoms with Gasteiger partial charge in [-0.25, -0.2) is 0 Å². The summed E-state index contributed by atoms with van der Waals surface area (Å²) < 4.78 is 0.865. The molecule has 0 aromatic heterocycles. The van der Waals surface area contributed by atoms with Crippen LogP contribution in [-0.4, -0.2) is 11.9 Å². The summed E-state index contributed by atoms with van der Waals surface area (Å²) in [6, 6.07) is 15.4. The molecule has 4 heteroatoms. The van der Waals surface area contributed by atoms with Crippen LogP contribution in [0.4, 0.5) is 5.69 Å². The third kappa shape index (κ3) is 3.84. The van der Waals surface area contributed by atoms with Crippen molar-refractivity contribution in [1.82, 2.24) is 5.32 Å². The van der Waals surface area contributed by atoms with Gasteiger partial charge >= 0.3 is 0 Å². The Hall–Kier alpha value is -1.81. The van der Waals surface area contributed by atoms with E-state index in [2.05, 4.69) is 33.4 Å². The van der Waals surface area contributed by atoms with Crippen LogP contribution >= 0.6 is 15.9 Å². The van der Waals surface area contributed by atoms with Gasteiger partial charge in [-0.05, 0) is 37.1 Å². The standard InChI is InChI=1S/C16H17BrN2O/c1-11(9-12-5-3-2-4-6-12)19-16(20)14-8-7-13(17)10-15(14)18/h2-8,10-11H,9,18H2,1H3,(H,19,20). The van der Waals surface area contributed by atoms with E-state index < -0.39 is 0 Å². The minimum atomic E-state index is -0.140. The molecule has 0 aliphatic rings. The van der Waals surface area contributed by atoms with E-state index >= 15 is 0 Å². The summed E-state index contributed by atoms with van der Waals surface area (Å²) in [5.74, 6) is -0.140. The van der Waals surface area contributed by atoms with Gasteiger partial charge in [0.15, 0.2) is 0 Å². The van der Waals surface area contributed by atoms with Crippen LogP contribution in [0.15, 0.2) is 53.0 Å². The lowest BCUT2D eigenvalue weighted by atomic mass is 10.1. The summed E-state index contributed by atoms with van der Waals surface area (Å²) in [6.45, 7) is 1.99. The Morgan fingerprint density at radius 3 is 2.60 bits per heavy atom. The van der Waals surface area contributed by atoms with Crippen LogP contribution in [0, 0.1) is 0 Å². The summed E-state index contributed by atoms with van der Waals surface area (Å²) in [6.07, 6.45) is 0.795. The van der Waals surface area contributed by atoms with E-state index in [1.54, 1.807) is 12.1 Å². The molecule has 0 fully saturated rings. The van der Waals surface area contributed by atoms with Crippen LogP contribution in [0.5, 0.6) is 0 Å². The molecule has 104 valence electrons. The number of anilines is 1. The molecule has 0 radical (unpaired) electrons. The van der Waals surface area contributed by atoms with Crippen LogP contribution in [-0.2, 0) is 6.42 Å². The quantitative estimate of drug-likeness (QED) is 0.843. The lowest BCUT2D eigenvalue weighted by Gasteiger charge is -2.15. The molecule has 1 amide bonds. The van der Waals surface area contributed by atoms with Gasteiger partial charge in [0.25, 0.3) is 5.91 Å². The van der Waals surface area contributed by atoms with Gasteiger partial charge in [-0.1, -0.05) is 46.3 Å². The van der Waals surface area contributed by atoms with E-state index in [1.807, 2.05) is 31.2 Å². The van der Waals surface area contributed by atoms with Crippen molar-refractivity contribution < 1.29 is 4.79 Å². The number of nitrogens with two attached hydrogens (primary N) is 1. The first-order valence-corrected chi connectivity index (χ1v) is 7.25. The zero-order chi connectivity index (χ0) is 14.5. The fourth-order valence-electron chi connectivity index (χ4n) is 2.06. The SMILES string of the molecule is CC(Cc1ccccc1)NC(=O)c1ccc(Br)cc1N. The van der Waals surface area contributed by atoms with Crippen LogP contribution < -0.4 is 11.1 Å². The van der Waals surface area contributed by atoms with Gasteiger partial charge in [-0.15, -0.1) is 0 Å². The van der Waals surface area contributed by atoms with Crippen LogP contribution in [0.3, 0.4) is 0 Å². The van der Waals surface area contributed by atoms with Gasteiger partial charge in [0.05, 0.1) is 5.56 Å². The third-order valence-corrected chi connectivity index (χ3v) is 3.51. The molecule has 1 unspecified atom stereocenters. The third-order valence-electron chi connectivity index (χ3n) is 3.02. The van der Waals surface area contributed by atoms with Gasteiger partial charge in [0.1, 0.15) is 0 Å². The highest BCUT2D eigenvalue weighted by Crippen LogP contribution is 2.18. The van der Waals surface area contributed by atoms with Gasteiger partial charge in [-0.3, -0.25) is 4.79 Å². The second-order valence-electron chi connectivity index (χ2n) is 4.80. The van der Waals surface area contributed by atoms with Gasteiger partial charge < -0.3 is 11.1 Å². The van der Waals surface area contributed by atoms with E-state index in [4.69, 9.17) is 5.73 Å². The molecule has 0 bridgehead atoms. The Labute approximate surface area is 127 Å². The lowest BCUT2D eigenvalue weighted by molar-refractivity contribution is 0.0941. The molecule has 2 aromatic rings. The average Bonchev–Trinajstić information content (AvgIpc) is 2.39. The fourth-order valence-corrected chi connectivity index (χ4v) is 2.44. The van der Waals surface area contributed by atoms with Crippen molar-refractivity contribution in [2.75, 3.05) is 5.73 Å². The van der Waals surface area contributed by atoms with Crippen LogP contribution in [0.2, 0.25) is 0 Å². The number of rotatable bonds is 4. The van der Waals surface area contributed by atoms with E-state index in [1.165, 1.54) is 5.56 Å². The number of hydrogen-bond donors (Lipinski definition) is 2. The molecule has 0 spiro atoms. The summed E-state index contributed by atoms with van der Waals surface area (Å²) in [5, 5.41) is 2.97. The topological polar surface area (TPSA) is 55.1 Å². The molecule has 2 rings (SSSR count). The molecule has 0 heterocycles. The van der Waals surface area contributed by atoms with Gasteiger partial charge in [-0.2, -0.15) is 0 Å². The molecule has 3 N–H and O–H groups in total. The second-order valence-corrected chi connectivity index (χ2v) is 5.71. The molecule has 0 aliphatic carbocycles. The lowest BCUT2D eigenvalue weighted by Crippen LogP contribution is -2.34.